The van der Waals surface area contributed by atoms with Crippen LogP contribution >= 0.6 is 15.2 Å². The average Bonchev–Trinajstić information content (AvgIpc) is 2.87. The topological polar surface area (TPSA) is 341 Å². The molecule has 22 nitrogen and oxygen atoms in total. The number of carbonyl (C=O) groups excluding carboxylic acids is 1. The van der Waals surface area contributed by atoms with Gasteiger partial charge < -0.3 is 36.4 Å². The summed E-state index contributed by atoms with van der Waals surface area (Å²) in [4.78, 5) is 46.1. The van der Waals surface area contributed by atoms with Crippen LogP contribution in [0.3, 0.4) is 0 Å². The standard InChI is InChI=1S/C15H30N4O18P2/c20-11(18-2-1-15(27,38(32,34-28)35-29)39(33,36-30)37-31)8-19(9-13(23)24)6-5-16-3-4-17-10(14(25)26)7-12(21)22/h10,16-17,27-31H,1-9H2,(H,18,20)(H,21,22)(H,23,24)(H,25,26). The first-order valence-electron chi connectivity index (χ1n) is 10.5. The number of hydrogen-bond donors (Lipinski definition) is 11. The number of hydrogen-bond acceptors (Lipinski definition) is 18. The Balaban J connectivity index is 4.97. The van der Waals surface area contributed by atoms with Crippen molar-refractivity contribution in [1.82, 2.24) is 20.9 Å². The number of carboxylic acids is 3. The number of amides is 1. The normalized spacial score (nSPS) is 13.3. The van der Waals surface area contributed by atoms with E-state index in [-0.39, 0.29) is 26.2 Å². The van der Waals surface area contributed by atoms with Gasteiger partial charge in [-0.2, -0.15) is 0 Å². The Morgan fingerprint density at radius 1 is 0.795 bits per heavy atom. The summed E-state index contributed by atoms with van der Waals surface area (Å²) in [6.45, 7) is -1.81. The lowest BCUT2D eigenvalue weighted by molar-refractivity contribution is -0.233. The molecule has 1 atom stereocenters. The molecule has 1 amide bonds. The van der Waals surface area contributed by atoms with Crippen molar-refractivity contribution in [3.8, 4) is 0 Å². The first-order valence-corrected chi connectivity index (χ1v) is 13.6. The van der Waals surface area contributed by atoms with Crippen molar-refractivity contribution < 1.29 is 88.5 Å². The Morgan fingerprint density at radius 3 is 1.77 bits per heavy atom. The zero-order valence-corrected chi connectivity index (χ0v) is 21.7. The highest BCUT2D eigenvalue weighted by Crippen LogP contribution is 2.76. The molecule has 39 heavy (non-hydrogen) atoms. The van der Waals surface area contributed by atoms with Gasteiger partial charge in [0.1, 0.15) is 6.04 Å². The van der Waals surface area contributed by atoms with E-state index in [0.29, 0.717) is 0 Å². The van der Waals surface area contributed by atoms with E-state index in [1.54, 1.807) is 0 Å². The molecule has 0 aromatic rings. The smallest absolute Gasteiger partial charge is 0.427 e. The minimum absolute atomic E-state index is 0.0427. The van der Waals surface area contributed by atoms with Crippen LogP contribution < -0.4 is 16.0 Å². The van der Waals surface area contributed by atoms with Crippen LogP contribution in [0.1, 0.15) is 12.8 Å². The van der Waals surface area contributed by atoms with Crippen LogP contribution in [0.2, 0.25) is 0 Å². The summed E-state index contributed by atoms with van der Waals surface area (Å²) in [5.41, 5.74) is 0. The predicted molar refractivity (Wildman–Crippen MR) is 121 cm³/mol. The van der Waals surface area contributed by atoms with E-state index in [4.69, 9.17) is 36.3 Å². The molecule has 0 saturated heterocycles. The summed E-state index contributed by atoms with van der Waals surface area (Å²) >= 11 is 0. The van der Waals surface area contributed by atoms with Gasteiger partial charge in [0.05, 0.1) is 19.5 Å². The Morgan fingerprint density at radius 2 is 1.33 bits per heavy atom. The maximum Gasteiger partial charge on any atom is 0.427 e. The third-order valence-electron chi connectivity index (χ3n) is 4.79. The largest absolute Gasteiger partial charge is 0.481 e. The van der Waals surface area contributed by atoms with Crippen molar-refractivity contribution in [1.29, 1.82) is 0 Å². The van der Waals surface area contributed by atoms with Crippen LogP contribution in [0, 0.1) is 0 Å². The molecule has 0 radical (unpaired) electrons. The molecule has 0 aromatic carbocycles. The predicted octanol–water partition coefficient (Wildman–Crippen LogP) is -2.02. The maximum absolute atomic E-state index is 12.2. The van der Waals surface area contributed by atoms with Crippen molar-refractivity contribution in [3.05, 3.63) is 0 Å². The van der Waals surface area contributed by atoms with Crippen LogP contribution in [0.4, 0.5) is 0 Å². The number of nitrogens with zero attached hydrogens (tertiary/aromatic N) is 1. The van der Waals surface area contributed by atoms with Gasteiger partial charge in [-0.3, -0.25) is 33.2 Å². The fourth-order valence-corrected chi connectivity index (χ4v) is 5.86. The van der Waals surface area contributed by atoms with E-state index in [1.807, 2.05) is 0 Å². The number of carbonyl (C=O) groups is 4. The molecule has 0 aliphatic carbocycles. The molecule has 0 aliphatic rings. The molecule has 0 spiro atoms. The van der Waals surface area contributed by atoms with Crippen molar-refractivity contribution in [2.75, 3.05) is 45.8 Å². The molecule has 228 valence electrons. The van der Waals surface area contributed by atoms with E-state index in [9.17, 15) is 33.4 Å². The molecule has 0 aromatic heterocycles. The van der Waals surface area contributed by atoms with Gasteiger partial charge in [-0.05, 0) is 0 Å². The van der Waals surface area contributed by atoms with E-state index in [0.717, 1.165) is 4.90 Å². The molecule has 24 heteroatoms. The van der Waals surface area contributed by atoms with Gasteiger partial charge in [-0.1, -0.05) is 0 Å². The summed E-state index contributed by atoms with van der Waals surface area (Å²) < 4.78 is 37.7. The van der Waals surface area contributed by atoms with E-state index in [1.165, 1.54) is 0 Å². The number of rotatable bonds is 23. The molecule has 0 heterocycles. The first-order chi connectivity index (χ1) is 18.1. The second kappa shape index (κ2) is 17.5. The molecular weight excluding hydrogens is 586 g/mol. The molecule has 0 aliphatic heterocycles. The Labute approximate surface area is 218 Å². The zero-order valence-electron chi connectivity index (χ0n) is 19.9. The summed E-state index contributed by atoms with van der Waals surface area (Å²) in [5.74, 6) is -4.92. The van der Waals surface area contributed by atoms with Crippen LogP contribution in [0.15, 0.2) is 0 Å². The lowest BCUT2D eigenvalue weighted by atomic mass is 10.2. The number of nitrogens with one attached hydrogen (secondary N) is 3. The Kier molecular flexibility index (Phi) is 16.6. The summed E-state index contributed by atoms with van der Waals surface area (Å²) in [6, 6.07) is -1.32. The van der Waals surface area contributed by atoms with Gasteiger partial charge >= 0.3 is 33.1 Å². The van der Waals surface area contributed by atoms with E-state index >= 15 is 0 Å². The van der Waals surface area contributed by atoms with Crippen molar-refractivity contribution >= 4 is 39.0 Å². The van der Waals surface area contributed by atoms with Gasteiger partial charge in [0, 0.05) is 39.1 Å². The minimum Gasteiger partial charge on any atom is -0.481 e. The van der Waals surface area contributed by atoms with E-state index < -0.39 is 82.6 Å². The van der Waals surface area contributed by atoms with Crippen LogP contribution in [0.25, 0.3) is 0 Å². The highest BCUT2D eigenvalue weighted by molar-refractivity contribution is 7.73. The molecule has 0 fully saturated rings. The SMILES string of the molecule is O=C(O)CC(NCCNCCN(CC(=O)O)CC(=O)NCCC(O)(P(=O)(OO)OO)P(=O)(OO)OO)C(=O)O. The Hall–Kier alpha value is -2.14. The highest BCUT2D eigenvalue weighted by atomic mass is 31.2. The fourth-order valence-electron chi connectivity index (χ4n) is 2.87. The van der Waals surface area contributed by atoms with E-state index in [2.05, 4.69) is 34.6 Å². The summed E-state index contributed by atoms with van der Waals surface area (Å²) in [5, 5.41) is 75.4. The number of aliphatic hydroxyl groups is 1. The molecule has 0 bridgehead atoms. The van der Waals surface area contributed by atoms with Crippen LogP contribution in [-0.2, 0) is 47.0 Å². The van der Waals surface area contributed by atoms with Crippen LogP contribution in [-0.4, -0.2) is 127 Å². The third kappa shape index (κ3) is 11.5. The Bertz CT molecular complexity index is 879. The second-order valence-electron chi connectivity index (χ2n) is 7.49. The zero-order chi connectivity index (χ0) is 30.3. The van der Waals surface area contributed by atoms with Crippen molar-refractivity contribution in [2.45, 2.75) is 24.0 Å². The quantitative estimate of drug-likeness (QED) is 0.0255. The van der Waals surface area contributed by atoms with Crippen molar-refractivity contribution in [3.63, 3.8) is 0 Å². The lowest BCUT2D eigenvalue weighted by Gasteiger charge is -2.32. The van der Waals surface area contributed by atoms with Crippen molar-refractivity contribution in [2.24, 2.45) is 0 Å². The molecule has 0 rings (SSSR count). The van der Waals surface area contributed by atoms with Gasteiger partial charge in [0.25, 0.3) is 5.08 Å². The van der Waals surface area contributed by atoms with Gasteiger partial charge in [-0.15, -0.1) is 18.7 Å². The summed E-state index contributed by atoms with van der Waals surface area (Å²) in [7, 11) is -11.4. The monoisotopic (exact) mass is 616 g/mol. The van der Waals surface area contributed by atoms with Gasteiger partial charge in [0.15, 0.2) is 0 Å². The summed E-state index contributed by atoms with van der Waals surface area (Å²) in [6.07, 6.45) is -1.92. The maximum atomic E-state index is 12.2. The first kappa shape index (κ1) is 36.9. The number of aliphatic carboxylic acids is 3. The van der Waals surface area contributed by atoms with Gasteiger partial charge in [-0.25, -0.2) is 21.0 Å². The fraction of sp³-hybridized carbons (Fsp3) is 0.733. The van der Waals surface area contributed by atoms with Gasteiger partial charge in [0.2, 0.25) is 5.91 Å². The second-order valence-corrected chi connectivity index (χ2v) is 12.0. The van der Waals surface area contributed by atoms with Crippen LogP contribution in [0.5, 0.6) is 0 Å². The molecule has 1 unspecified atom stereocenters. The highest BCUT2D eigenvalue weighted by Gasteiger charge is 2.67. The molecule has 0 saturated carbocycles. The minimum atomic E-state index is -5.69. The lowest BCUT2D eigenvalue weighted by Crippen LogP contribution is -2.45. The third-order valence-corrected chi connectivity index (χ3v) is 9.32. The average molecular weight is 616 g/mol. The molecular formula is C15H30N4O18P2. The number of carboxylic acid groups (broad SMARTS) is 3. The molecule has 11 N–H and O–H groups in total.